The molecule has 2 aromatic rings. The van der Waals surface area contributed by atoms with Gasteiger partial charge in [-0.15, -0.1) is 0 Å². The van der Waals surface area contributed by atoms with Crippen LogP contribution in [0.25, 0.3) is 0 Å². The van der Waals surface area contributed by atoms with Crippen molar-refractivity contribution in [2.75, 3.05) is 0 Å². The normalized spacial score (nSPS) is 12.4. The largest absolute Gasteiger partial charge is 0.320 e. The zero-order valence-corrected chi connectivity index (χ0v) is 8.85. The molecule has 2 rings (SSSR count). The predicted octanol–water partition coefficient (Wildman–Crippen LogP) is 3.04. The van der Waals surface area contributed by atoms with E-state index in [0.717, 1.165) is 5.56 Å². The van der Waals surface area contributed by atoms with Gasteiger partial charge in [-0.25, -0.2) is 0 Å². The second kappa shape index (κ2) is 4.28. The zero-order chi connectivity index (χ0) is 10.7. The number of hydrogen-bond acceptors (Lipinski definition) is 1. The van der Waals surface area contributed by atoms with Crippen molar-refractivity contribution in [1.82, 2.24) is 0 Å². The lowest BCUT2D eigenvalue weighted by atomic mass is 9.98. The summed E-state index contributed by atoms with van der Waals surface area (Å²) < 4.78 is 0. The van der Waals surface area contributed by atoms with Crippen LogP contribution in [0.3, 0.4) is 0 Å². The molecule has 1 atom stereocenters. The molecule has 76 valence electrons. The van der Waals surface area contributed by atoms with Crippen LogP contribution >= 0.6 is 0 Å². The minimum Gasteiger partial charge on any atom is -0.320 e. The smallest absolute Gasteiger partial charge is 0.0551 e. The van der Waals surface area contributed by atoms with E-state index in [0.29, 0.717) is 0 Å². The van der Waals surface area contributed by atoms with Gasteiger partial charge in [0.2, 0.25) is 0 Å². The van der Waals surface area contributed by atoms with Crippen LogP contribution in [-0.2, 0) is 0 Å². The first kappa shape index (κ1) is 9.94. The van der Waals surface area contributed by atoms with Crippen molar-refractivity contribution in [1.29, 1.82) is 0 Å². The minimum absolute atomic E-state index is 0.0221. The molecule has 0 aliphatic heterocycles. The maximum Gasteiger partial charge on any atom is 0.0551 e. The fourth-order valence-electron chi connectivity index (χ4n) is 1.72. The van der Waals surface area contributed by atoms with E-state index in [1.807, 2.05) is 24.3 Å². The van der Waals surface area contributed by atoms with Crippen LogP contribution in [0.1, 0.15) is 22.7 Å². The summed E-state index contributed by atoms with van der Waals surface area (Å²) in [5.74, 6) is 0. The van der Waals surface area contributed by atoms with Crippen LogP contribution in [0.4, 0.5) is 0 Å². The summed E-state index contributed by atoms with van der Waals surface area (Å²) in [7, 11) is 0. The third-order valence-corrected chi connectivity index (χ3v) is 2.56. The molecule has 0 heterocycles. The molecule has 0 radical (unpaired) electrons. The predicted molar refractivity (Wildman–Crippen MR) is 63.7 cm³/mol. The molecule has 2 N–H and O–H groups in total. The number of benzene rings is 2. The van der Waals surface area contributed by atoms with Gasteiger partial charge in [-0.2, -0.15) is 0 Å². The molecule has 15 heavy (non-hydrogen) atoms. The van der Waals surface area contributed by atoms with Crippen molar-refractivity contribution < 1.29 is 0 Å². The van der Waals surface area contributed by atoms with Crippen LogP contribution < -0.4 is 5.73 Å². The van der Waals surface area contributed by atoms with Crippen LogP contribution in [0.15, 0.2) is 54.6 Å². The first-order valence-corrected chi connectivity index (χ1v) is 5.14. The van der Waals surface area contributed by atoms with Gasteiger partial charge in [0.15, 0.2) is 0 Å². The Hall–Kier alpha value is -1.60. The number of rotatable bonds is 2. The van der Waals surface area contributed by atoms with Crippen LogP contribution in [0, 0.1) is 6.92 Å². The summed E-state index contributed by atoms with van der Waals surface area (Å²) in [5.41, 5.74) is 9.76. The molecule has 0 spiro atoms. The molecular weight excluding hydrogens is 182 g/mol. The molecule has 1 heteroatoms. The van der Waals surface area contributed by atoms with Gasteiger partial charge in [0, 0.05) is 0 Å². The molecule has 0 aliphatic rings. The summed E-state index contributed by atoms with van der Waals surface area (Å²) in [4.78, 5) is 0. The van der Waals surface area contributed by atoms with Crippen LogP contribution in [0.5, 0.6) is 0 Å². The average molecular weight is 197 g/mol. The van der Waals surface area contributed by atoms with E-state index in [2.05, 4.69) is 37.3 Å². The molecule has 1 nitrogen and oxygen atoms in total. The third kappa shape index (κ3) is 2.25. The van der Waals surface area contributed by atoms with Gasteiger partial charge in [0.05, 0.1) is 6.04 Å². The Morgan fingerprint density at radius 2 is 1.53 bits per heavy atom. The Morgan fingerprint density at radius 3 is 2.20 bits per heavy atom. The summed E-state index contributed by atoms with van der Waals surface area (Å²) in [6.45, 7) is 2.08. The molecule has 0 saturated carbocycles. The molecule has 2 aromatic carbocycles. The van der Waals surface area contributed by atoms with E-state index < -0.39 is 0 Å². The quantitative estimate of drug-likeness (QED) is 0.786. The maximum absolute atomic E-state index is 6.19. The first-order chi connectivity index (χ1) is 7.27. The SMILES string of the molecule is Cc1cccc([C@H](N)c2ccccc2)c1. The fraction of sp³-hybridized carbons (Fsp3) is 0.143. The van der Waals surface area contributed by atoms with Crippen molar-refractivity contribution >= 4 is 0 Å². The van der Waals surface area contributed by atoms with Crippen molar-refractivity contribution in [2.45, 2.75) is 13.0 Å². The Balaban J connectivity index is 2.32. The highest BCUT2D eigenvalue weighted by atomic mass is 14.6. The molecule has 0 unspecified atom stereocenters. The Morgan fingerprint density at radius 1 is 0.867 bits per heavy atom. The summed E-state index contributed by atoms with van der Waals surface area (Å²) in [6, 6.07) is 18.5. The summed E-state index contributed by atoms with van der Waals surface area (Å²) in [6.07, 6.45) is 0. The number of aryl methyl sites for hydroxylation is 1. The molecule has 0 amide bonds. The van der Waals surface area contributed by atoms with Gasteiger partial charge in [-0.05, 0) is 18.1 Å². The maximum atomic E-state index is 6.19. The molecular formula is C14H15N. The second-order valence-corrected chi connectivity index (χ2v) is 3.80. The Labute approximate surface area is 90.6 Å². The van der Waals surface area contributed by atoms with Gasteiger partial charge >= 0.3 is 0 Å². The lowest BCUT2D eigenvalue weighted by Crippen LogP contribution is -2.11. The Kier molecular flexibility index (Phi) is 2.84. The van der Waals surface area contributed by atoms with E-state index in [1.54, 1.807) is 0 Å². The minimum atomic E-state index is -0.0221. The van der Waals surface area contributed by atoms with Gasteiger partial charge < -0.3 is 5.73 Å². The number of nitrogens with two attached hydrogens (primary N) is 1. The lowest BCUT2D eigenvalue weighted by Gasteiger charge is -2.12. The van der Waals surface area contributed by atoms with Crippen LogP contribution in [-0.4, -0.2) is 0 Å². The van der Waals surface area contributed by atoms with E-state index >= 15 is 0 Å². The molecule has 0 aliphatic carbocycles. The third-order valence-electron chi connectivity index (χ3n) is 2.56. The monoisotopic (exact) mass is 197 g/mol. The highest BCUT2D eigenvalue weighted by Crippen LogP contribution is 2.19. The molecule has 0 bridgehead atoms. The van der Waals surface area contributed by atoms with Crippen molar-refractivity contribution in [3.8, 4) is 0 Å². The first-order valence-electron chi connectivity index (χ1n) is 5.14. The lowest BCUT2D eigenvalue weighted by molar-refractivity contribution is 0.870. The average Bonchev–Trinajstić information content (AvgIpc) is 2.29. The molecule has 0 saturated heterocycles. The van der Waals surface area contributed by atoms with Gasteiger partial charge in [0.25, 0.3) is 0 Å². The van der Waals surface area contributed by atoms with E-state index in [9.17, 15) is 0 Å². The van der Waals surface area contributed by atoms with Gasteiger partial charge in [-0.3, -0.25) is 0 Å². The van der Waals surface area contributed by atoms with E-state index in [4.69, 9.17) is 5.73 Å². The van der Waals surface area contributed by atoms with Crippen LogP contribution in [0.2, 0.25) is 0 Å². The topological polar surface area (TPSA) is 26.0 Å². The van der Waals surface area contributed by atoms with Crippen molar-refractivity contribution in [2.24, 2.45) is 5.73 Å². The highest BCUT2D eigenvalue weighted by Gasteiger charge is 2.07. The van der Waals surface area contributed by atoms with Crippen molar-refractivity contribution in [3.05, 3.63) is 71.3 Å². The fourth-order valence-corrected chi connectivity index (χ4v) is 1.72. The zero-order valence-electron chi connectivity index (χ0n) is 8.85. The second-order valence-electron chi connectivity index (χ2n) is 3.80. The summed E-state index contributed by atoms with van der Waals surface area (Å²) >= 11 is 0. The van der Waals surface area contributed by atoms with E-state index in [-0.39, 0.29) is 6.04 Å². The summed E-state index contributed by atoms with van der Waals surface area (Å²) in [5, 5.41) is 0. The standard InChI is InChI=1S/C14H15N/c1-11-6-5-9-13(10-11)14(15)12-7-3-2-4-8-12/h2-10,14H,15H2,1H3/t14-/m1/s1. The highest BCUT2D eigenvalue weighted by molar-refractivity contribution is 5.33. The molecule has 0 aromatic heterocycles. The van der Waals surface area contributed by atoms with E-state index in [1.165, 1.54) is 11.1 Å². The number of hydrogen-bond donors (Lipinski definition) is 1. The Bertz CT molecular complexity index is 434. The van der Waals surface area contributed by atoms with Gasteiger partial charge in [-0.1, -0.05) is 60.2 Å². The van der Waals surface area contributed by atoms with Gasteiger partial charge in [0.1, 0.15) is 0 Å². The van der Waals surface area contributed by atoms with Crippen molar-refractivity contribution in [3.63, 3.8) is 0 Å². The molecule has 0 fully saturated rings.